The molecule has 0 aromatic heterocycles. The number of carbonyl (C=O) groups excluding carboxylic acids is 3. The number of ether oxygens (including phenoxy) is 4. The maximum absolute atomic E-state index is 11.6. The van der Waals surface area contributed by atoms with Crippen LogP contribution in [-0.4, -0.2) is 74.0 Å². The van der Waals surface area contributed by atoms with Crippen LogP contribution in [-0.2, 0) is 33.3 Å². The van der Waals surface area contributed by atoms with Gasteiger partial charge in [-0.25, -0.2) is 0 Å². The number of esters is 3. The molecule has 3 atom stereocenters. The molecule has 0 N–H and O–H groups in total. The lowest BCUT2D eigenvalue weighted by atomic mass is 10.1. The first-order valence-electron chi connectivity index (χ1n) is 10.3. The van der Waals surface area contributed by atoms with Crippen molar-refractivity contribution in [2.24, 2.45) is 0 Å². The van der Waals surface area contributed by atoms with E-state index in [2.05, 4.69) is 37.9 Å². The minimum atomic E-state index is -1.20. The lowest BCUT2D eigenvalue weighted by Crippen LogP contribution is -2.51. The summed E-state index contributed by atoms with van der Waals surface area (Å²) >= 11 is 3.45. The molecule has 32 heavy (non-hydrogen) atoms. The van der Waals surface area contributed by atoms with Gasteiger partial charge in [-0.3, -0.25) is 19.3 Å². The molecule has 0 spiro atoms. The minimum absolute atomic E-state index is 0.441. The second-order valence-corrected chi connectivity index (χ2v) is 8.53. The standard InChI is InChI=1S/C22H27BrN2O7/c1-14(26)29-20-12-19(32-22(31-16(3)28)21(20)30-15(2)27)13-24-8-10-25(11-9-24)18-6-4-17(23)5-7-18/h4-7,12,20-22H,8-11,13H2,1-3H3/t20-,21+,22+/m0/s1. The third-order valence-corrected chi connectivity index (χ3v) is 5.57. The van der Waals surface area contributed by atoms with E-state index in [-0.39, 0.29) is 0 Å². The van der Waals surface area contributed by atoms with Gasteiger partial charge in [0.25, 0.3) is 6.29 Å². The van der Waals surface area contributed by atoms with Crippen molar-refractivity contribution in [1.29, 1.82) is 0 Å². The highest BCUT2D eigenvalue weighted by atomic mass is 79.9. The monoisotopic (exact) mass is 510 g/mol. The van der Waals surface area contributed by atoms with Crippen LogP contribution in [0.1, 0.15) is 20.8 Å². The van der Waals surface area contributed by atoms with Crippen LogP contribution in [0.3, 0.4) is 0 Å². The summed E-state index contributed by atoms with van der Waals surface area (Å²) in [5.74, 6) is -1.26. The van der Waals surface area contributed by atoms with Crippen molar-refractivity contribution in [2.75, 3.05) is 37.6 Å². The Morgan fingerprint density at radius 1 is 0.938 bits per heavy atom. The van der Waals surface area contributed by atoms with Crippen LogP contribution in [0.15, 0.2) is 40.6 Å². The van der Waals surface area contributed by atoms with Crippen LogP contribution in [0.5, 0.6) is 0 Å². The van der Waals surface area contributed by atoms with Gasteiger partial charge in [-0.05, 0) is 30.3 Å². The van der Waals surface area contributed by atoms with Crippen LogP contribution in [0.25, 0.3) is 0 Å². The van der Waals surface area contributed by atoms with Crippen LogP contribution >= 0.6 is 15.9 Å². The zero-order valence-electron chi connectivity index (χ0n) is 18.3. The molecule has 0 radical (unpaired) electrons. The second-order valence-electron chi connectivity index (χ2n) is 7.62. The molecule has 1 aromatic rings. The average Bonchev–Trinajstić information content (AvgIpc) is 2.71. The number of piperazine rings is 1. The number of hydrogen-bond acceptors (Lipinski definition) is 9. The van der Waals surface area contributed by atoms with E-state index in [4.69, 9.17) is 18.9 Å². The smallest absolute Gasteiger partial charge is 0.305 e. The van der Waals surface area contributed by atoms with Crippen molar-refractivity contribution in [3.8, 4) is 0 Å². The molecule has 9 nitrogen and oxygen atoms in total. The van der Waals surface area contributed by atoms with Crippen molar-refractivity contribution < 1.29 is 33.3 Å². The van der Waals surface area contributed by atoms with Crippen LogP contribution in [0.4, 0.5) is 5.69 Å². The zero-order chi connectivity index (χ0) is 23.3. The summed E-state index contributed by atoms with van der Waals surface area (Å²) in [6, 6.07) is 8.20. The average molecular weight is 511 g/mol. The first-order chi connectivity index (χ1) is 15.2. The van der Waals surface area contributed by atoms with Gasteiger partial charge < -0.3 is 23.8 Å². The third-order valence-electron chi connectivity index (χ3n) is 5.04. The van der Waals surface area contributed by atoms with E-state index in [0.717, 1.165) is 36.3 Å². The number of hydrogen-bond donors (Lipinski definition) is 0. The maximum Gasteiger partial charge on any atom is 0.305 e. The molecule has 1 fully saturated rings. The van der Waals surface area contributed by atoms with Gasteiger partial charge in [0.2, 0.25) is 6.10 Å². The molecular formula is C22H27BrN2O7. The molecule has 0 aliphatic carbocycles. The molecule has 2 aliphatic rings. The molecule has 10 heteroatoms. The zero-order valence-corrected chi connectivity index (χ0v) is 19.9. The van der Waals surface area contributed by atoms with Gasteiger partial charge in [0.15, 0.2) is 6.10 Å². The number of rotatable bonds is 6. The van der Waals surface area contributed by atoms with E-state index >= 15 is 0 Å². The fourth-order valence-corrected chi connectivity index (χ4v) is 3.94. The molecule has 174 valence electrons. The van der Waals surface area contributed by atoms with Crippen molar-refractivity contribution in [2.45, 2.75) is 39.3 Å². The number of carbonyl (C=O) groups is 3. The van der Waals surface area contributed by atoms with Crippen LogP contribution < -0.4 is 4.90 Å². The second kappa shape index (κ2) is 10.8. The fourth-order valence-electron chi connectivity index (χ4n) is 3.68. The summed E-state index contributed by atoms with van der Waals surface area (Å²) in [5, 5.41) is 0. The predicted octanol–water partition coefficient (Wildman–Crippen LogP) is 2.24. The number of halogens is 1. The normalized spacial score (nSPS) is 23.6. The van der Waals surface area contributed by atoms with Gasteiger partial charge in [0, 0.05) is 57.1 Å². The topological polar surface area (TPSA) is 94.6 Å². The molecular weight excluding hydrogens is 484 g/mol. The van der Waals surface area contributed by atoms with E-state index in [0.29, 0.717) is 12.3 Å². The Balaban J connectivity index is 1.68. The van der Waals surface area contributed by atoms with Gasteiger partial charge in [0.1, 0.15) is 5.76 Å². The van der Waals surface area contributed by atoms with E-state index in [1.54, 1.807) is 6.08 Å². The summed E-state index contributed by atoms with van der Waals surface area (Å²) in [6.45, 7) is 7.42. The Hall–Kier alpha value is -2.59. The highest BCUT2D eigenvalue weighted by Crippen LogP contribution is 2.26. The molecule has 0 saturated carbocycles. The highest BCUT2D eigenvalue weighted by Gasteiger charge is 2.42. The van der Waals surface area contributed by atoms with Crippen molar-refractivity contribution in [1.82, 2.24) is 4.90 Å². The van der Waals surface area contributed by atoms with Crippen molar-refractivity contribution in [3.63, 3.8) is 0 Å². The van der Waals surface area contributed by atoms with Crippen molar-refractivity contribution in [3.05, 3.63) is 40.6 Å². The van der Waals surface area contributed by atoms with E-state index in [1.807, 2.05) is 12.1 Å². The summed E-state index contributed by atoms with van der Waals surface area (Å²) in [4.78, 5) is 39.2. The number of anilines is 1. The quantitative estimate of drug-likeness (QED) is 0.421. The van der Waals surface area contributed by atoms with Crippen LogP contribution in [0, 0.1) is 0 Å². The van der Waals surface area contributed by atoms with Gasteiger partial charge in [-0.1, -0.05) is 15.9 Å². The molecule has 3 rings (SSSR count). The lowest BCUT2D eigenvalue weighted by molar-refractivity contribution is -0.222. The van der Waals surface area contributed by atoms with E-state index in [1.165, 1.54) is 20.8 Å². The molecule has 2 heterocycles. The molecule has 0 unspecified atom stereocenters. The van der Waals surface area contributed by atoms with Gasteiger partial charge in [-0.2, -0.15) is 0 Å². The fraction of sp³-hybridized carbons (Fsp3) is 0.500. The molecule has 0 bridgehead atoms. The van der Waals surface area contributed by atoms with E-state index < -0.39 is 36.4 Å². The highest BCUT2D eigenvalue weighted by molar-refractivity contribution is 9.10. The molecule has 1 aromatic carbocycles. The summed E-state index contributed by atoms with van der Waals surface area (Å²) in [7, 11) is 0. The minimum Gasteiger partial charge on any atom is -0.454 e. The number of benzene rings is 1. The molecule has 0 amide bonds. The Bertz CT molecular complexity index is 866. The first kappa shape index (κ1) is 24.1. The van der Waals surface area contributed by atoms with Gasteiger partial charge >= 0.3 is 17.9 Å². The Kier molecular flexibility index (Phi) is 8.14. The Morgan fingerprint density at radius 2 is 1.53 bits per heavy atom. The largest absolute Gasteiger partial charge is 0.454 e. The molecule has 2 aliphatic heterocycles. The molecule has 1 saturated heterocycles. The summed E-state index contributed by atoms with van der Waals surface area (Å²) in [5.41, 5.74) is 1.16. The summed E-state index contributed by atoms with van der Waals surface area (Å²) < 4.78 is 22.7. The number of nitrogens with zero attached hydrogens (tertiary/aromatic N) is 2. The SMILES string of the molecule is CC(=O)O[C@@H]1OC(CN2CCN(c3ccc(Br)cc3)CC2)=C[C@H](OC(C)=O)[C@H]1OC(C)=O. The first-order valence-corrected chi connectivity index (χ1v) is 11.1. The van der Waals surface area contributed by atoms with Gasteiger partial charge in [0.05, 0.1) is 6.54 Å². The summed E-state index contributed by atoms with van der Waals surface area (Å²) in [6.07, 6.45) is -1.60. The van der Waals surface area contributed by atoms with Gasteiger partial charge in [-0.15, -0.1) is 0 Å². The maximum atomic E-state index is 11.6. The van der Waals surface area contributed by atoms with E-state index in [9.17, 15) is 14.4 Å². The Labute approximate surface area is 195 Å². The third kappa shape index (κ3) is 6.70. The Morgan fingerprint density at radius 3 is 2.09 bits per heavy atom. The lowest BCUT2D eigenvalue weighted by Gasteiger charge is -2.39. The van der Waals surface area contributed by atoms with Crippen LogP contribution in [0.2, 0.25) is 0 Å². The predicted molar refractivity (Wildman–Crippen MR) is 119 cm³/mol. The van der Waals surface area contributed by atoms with Crippen molar-refractivity contribution >= 4 is 39.5 Å².